The van der Waals surface area contributed by atoms with Crippen molar-refractivity contribution in [3.05, 3.63) is 120 Å². The van der Waals surface area contributed by atoms with Crippen LogP contribution in [-0.2, 0) is 11.3 Å². The molecule has 0 atom stereocenters. The first-order chi connectivity index (χ1) is 19.0. The number of carboxylic acid groups (broad SMARTS) is 1. The smallest absolute Gasteiger partial charge is 0.335 e. The number of phenols is 1. The summed E-state index contributed by atoms with van der Waals surface area (Å²) in [6, 6.07) is 32.3. The van der Waals surface area contributed by atoms with Gasteiger partial charge in [0, 0.05) is 16.7 Å². The van der Waals surface area contributed by atoms with Gasteiger partial charge in [-0.15, -0.1) is 0 Å². The minimum Gasteiger partial charge on any atom is -0.508 e. The summed E-state index contributed by atoms with van der Waals surface area (Å²) in [7, 11) is 0. The summed E-state index contributed by atoms with van der Waals surface area (Å²) in [5.74, 6) is -0.689. The van der Waals surface area contributed by atoms with Crippen molar-refractivity contribution in [2.75, 3.05) is 0 Å². The fourth-order valence-corrected chi connectivity index (χ4v) is 4.19. The maximum atomic E-state index is 13.1. The first kappa shape index (κ1) is 25.2. The standard InChI is InChI=1S/C31H24N4O4/c36-26-17-15-24(16-18-26)30-33-28(22-7-3-1-4-8-22)29(23-9-5-2-6-10-23)35(30)20-27(37)34-32-19-21-11-13-25(14-12-21)31(38)39/h1-19,36H,20H2,(H,34,37)(H,38,39). The number of carbonyl (C=O) groups is 2. The molecular weight excluding hydrogens is 492 g/mol. The Balaban J connectivity index is 1.52. The number of aromatic nitrogens is 2. The van der Waals surface area contributed by atoms with Crippen molar-refractivity contribution in [3.63, 3.8) is 0 Å². The molecule has 0 spiro atoms. The Morgan fingerprint density at radius 3 is 2.03 bits per heavy atom. The van der Waals surface area contributed by atoms with Crippen molar-refractivity contribution in [1.29, 1.82) is 0 Å². The van der Waals surface area contributed by atoms with E-state index in [1.54, 1.807) is 36.4 Å². The van der Waals surface area contributed by atoms with Crippen molar-refractivity contribution in [2.45, 2.75) is 6.54 Å². The van der Waals surface area contributed by atoms with E-state index in [9.17, 15) is 14.7 Å². The van der Waals surface area contributed by atoms with Crippen molar-refractivity contribution in [1.82, 2.24) is 15.0 Å². The Morgan fingerprint density at radius 2 is 1.41 bits per heavy atom. The highest BCUT2D eigenvalue weighted by molar-refractivity contribution is 5.90. The molecule has 0 aliphatic carbocycles. The average molecular weight is 517 g/mol. The first-order valence-electron chi connectivity index (χ1n) is 12.2. The minimum atomic E-state index is -1.01. The van der Waals surface area contributed by atoms with Gasteiger partial charge in [0.25, 0.3) is 5.91 Å². The molecular formula is C31H24N4O4. The van der Waals surface area contributed by atoms with Gasteiger partial charge in [-0.2, -0.15) is 5.10 Å². The number of hydrogen-bond acceptors (Lipinski definition) is 5. The van der Waals surface area contributed by atoms with E-state index < -0.39 is 5.97 Å². The lowest BCUT2D eigenvalue weighted by molar-refractivity contribution is -0.121. The van der Waals surface area contributed by atoms with Gasteiger partial charge in [-0.3, -0.25) is 4.79 Å². The van der Waals surface area contributed by atoms with Crippen LogP contribution in [0.15, 0.2) is 114 Å². The van der Waals surface area contributed by atoms with Crippen LogP contribution in [0, 0.1) is 0 Å². The van der Waals surface area contributed by atoms with E-state index in [-0.39, 0.29) is 23.8 Å². The molecule has 5 aromatic rings. The third-order valence-corrected chi connectivity index (χ3v) is 6.05. The second-order valence-electron chi connectivity index (χ2n) is 8.72. The van der Waals surface area contributed by atoms with E-state index in [1.807, 2.05) is 65.2 Å². The molecule has 4 aromatic carbocycles. The Kier molecular flexibility index (Phi) is 7.27. The molecule has 0 saturated carbocycles. The van der Waals surface area contributed by atoms with Crippen molar-refractivity contribution in [2.24, 2.45) is 5.10 Å². The molecule has 0 fully saturated rings. The number of hydrazone groups is 1. The summed E-state index contributed by atoms with van der Waals surface area (Å²) in [6.07, 6.45) is 1.45. The number of carbonyl (C=O) groups excluding carboxylic acids is 1. The highest BCUT2D eigenvalue weighted by atomic mass is 16.4. The highest BCUT2D eigenvalue weighted by Gasteiger charge is 2.22. The van der Waals surface area contributed by atoms with Crippen molar-refractivity contribution in [3.8, 4) is 39.7 Å². The van der Waals surface area contributed by atoms with Gasteiger partial charge in [-0.25, -0.2) is 15.2 Å². The van der Waals surface area contributed by atoms with Crippen LogP contribution >= 0.6 is 0 Å². The SMILES string of the molecule is O=C(Cn1c(-c2ccc(O)cc2)nc(-c2ccccc2)c1-c1ccccc1)NN=Cc1ccc(C(=O)O)cc1. The molecule has 3 N–H and O–H groups in total. The number of benzene rings is 4. The predicted molar refractivity (Wildman–Crippen MR) is 149 cm³/mol. The van der Waals surface area contributed by atoms with Gasteiger partial charge in [-0.1, -0.05) is 72.8 Å². The number of amides is 1. The number of aromatic carboxylic acids is 1. The van der Waals surface area contributed by atoms with Gasteiger partial charge in [0.1, 0.15) is 18.1 Å². The summed E-state index contributed by atoms with van der Waals surface area (Å²) in [4.78, 5) is 29.1. The average Bonchev–Trinajstić information content (AvgIpc) is 3.33. The van der Waals surface area contributed by atoms with Crippen LogP contribution in [0.4, 0.5) is 0 Å². The Hall–Kier alpha value is -5.50. The topological polar surface area (TPSA) is 117 Å². The predicted octanol–water partition coefficient (Wildman–Crippen LogP) is 5.44. The molecule has 39 heavy (non-hydrogen) atoms. The van der Waals surface area contributed by atoms with Gasteiger partial charge in [0.15, 0.2) is 0 Å². The number of imidazole rings is 1. The Morgan fingerprint density at radius 1 is 0.795 bits per heavy atom. The van der Waals surface area contributed by atoms with Gasteiger partial charge in [-0.05, 0) is 42.0 Å². The monoisotopic (exact) mass is 516 g/mol. The fraction of sp³-hybridized carbons (Fsp3) is 0.0323. The van der Waals surface area contributed by atoms with Crippen LogP contribution in [-0.4, -0.2) is 37.9 Å². The molecule has 0 radical (unpaired) electrons. The third-order valence-electron chi connectivity index (χ3n) is 6.05. The van der Waals surface area contributed by atoms with E-state index in [0.29, 0.717) is 11.4 Å². The molecule has 8 nitrogen and oxygen atoms in total. The molecule has 5 rings (SSSR count). The first-order valence-corrected chi connectivity index (χ1v) is 12.2. The minimum absolute atomic E-state index is 0.0738. The summed E-state index contributed by atoms with van der Waals surface area (Å²) >= 11 is 0. The zero-order chi connectivity index (χ0) is 27.2. The van der Waals surface area contributed by atoms with Crippen molar-refractivity contribution < 1.29 is 19.8 Å². The molecule has 0 aliphatic heterocycles. The zero-order valence-corrected chi connectivity index (χ0v) is 20.7. The van der Waals surface area contributed by atoms with Crippen LogP contribution in [0.2, 0.25) is 0 Å². The van der Waals surface area contributed by atoms with Crippen LogP contribution in [0.3, 0.4) is 0 Å². The molecule has 0 aliphatic rings. The quantitative estimate of drug-likeness (QED) is 0.188. The summed E-state index contributed by atoms with van der Waals surface area (Å²) < 4.78 is 1.84. The normalized spacial score (nSPS) is 11.0. The van der Waals surface area contributed by atoms with Crippen LogP contribution in [0.25, 0.3) is 33.9 Å². The van der Waals surface area contributed by atoms with E-state index >= 15 is 0 Å². The van der Waals surface area contributed by atoms with Crippen LogP contribution < -0.4 is 5.43 Å². The number of rotatable bonds is 8. The maximum absolute atomic E-state index is 13.1. The van der Waals surface area contributed by atoms with Gasteiger partial charge in [0.05, 0.1) is 23.2 Å². The third kappa shape index (κ3) is 5.75. The molecule has 0 saturated heterocycles. The molecule has 1 amide bonds. The number of aromatic hydroxyl groups is 1. The molecule has 8 heteroatoms. The lowest BCUT2D eigenvalue weighted by atomic mass is 10.0. The Bertz CT molecular complexity index is 1630. The Labute approximate surface area is 224 Å². The van der Waals surface area contributed by atoms with E-state index in [1.165, 1.54) is 18.3 Å². The van der Waals surface area contributed by atoms with Gasteiger partial charge < -0.3 is 14.8 Å². The molecule has 0 unspecified atom stereocenters. The second kappa shape index (κ2) is 11.3. The van der Waals surface area contributed by atoms with Gasteiger partial charge >= 0.3 is 5.97 Å². The van der Waals surface area contributed by atoms with Crippen LogP contribution in [0.1, 0.15) is 15.9 Å². The zero-order valence-electron chi connectivity index (χ0n) is 20.7. The highest BCUT2D eigenvalue weighted by Crippen LogP contribution is 2.36. The van der Waals surface area contributed by atoms with Crippen LogP contribution in [0.5, 0.6) is 5.75 Å². The number of nitrogens with one attached hydrogen (secondary N) is 1. The molecule has 1 heterocycles. The fourth-order valence-electron chi connectivity index (χ4n) is 4.19. The van der Waals surface area contributed by atoms with Gasteiger partial charge in [0.2, 0.25) is 0 Å². The number of carboxylic acids is 1. The number of nitrogens with zero attached hydrogens (tertiary/aromatic N) is 3. The molecule has 1 aromatic heterocycles. The summed E-state index contributed by atoms with van der Waals surface area (Å²) in [5, 5.41) is 22.9. The van der Waals surface area contributed by atoms with E-state index in [2.05, 4.69) is 10.5 Å². The lowest BCUT2D eigenvalue weighted by Gasteiger charge is -2.13. The summed E-state index contributed by atoms with van der Waals surface area (Å²) in [5.41, 5.74) is 7.39. The maximum Gasteiger partial charge on any atom is 0.335 e. The molecule has 0 bridgehead atoms. The van der Waals surface area contributed by atoms with Crippen molar-refractivity contribution >= 4 is 18.1 Å². The number of hydrogen-bond donors (Lipinski definition) is 3. The van der Waals surface area contributed by atoms with E-state index in [0.717, 1.165) is 28.1 Å². The molecule has 192 valence electrons. The second-order valence-corrected chi connectivity index (χ2v) is 8.72. The number of phenolic OH excluding ortho intramolecular Hbond substituents is 1. The largest absolute Gasteiger partial charge is 0.508 e. The summed E-state index contributed by atoms with van der Waals surface area (Å²) in [6.45, 7) is -0.0738. The van der Waals surface area contributed by atoms with E-state index in [4.69, 9.17) is 10.1 Å². The lowest BCUT2D eigenvalue weighted by Crippen LogP contribution is -2.24.